The summed E-state index contributed by atoms with van der Waals surface area (Å²) in [6.45, 7) is -0.726. The van der Waals surface area contributed by atoms with Crippen molar-refractivity contribution >= 4 is 23.8 Å². The predicted molar refractivity (Wildman–Crippen MR) is 106 cm³/mol. The zero-order valence-electron chi connectivity index (χ0n) is 16.3. The first-order valence-electron chi connectivity index (χ1n) is 8.99. The molecule has 0 radical (unpaired) electrons. The van der Waals surface area contributed by atoms with Gasteiger partial charge in [-0.3, -0.25) is 9.48 Å². The molecule has 0 aliphatic heterocycles. The molecule has 0 spiro atoms. The van der Waals surface area contributed by atoms with Crippen LogP contribution in [0.15, 0.2) is 72.1 Å². The monoisotopic (exact) mass is 430 g/mol. The fraction of sp³-hybridized carbons (Fsp3) is 0.143. The van der Waals surface area contributed by atoms with Gasteiger partial charge in [0.2, 0.25) is 0 Å². The number of halogens is 3. The Bertz CT molecular complexity index is 1090. The normalized spacial score (nSPS) is 11.5. The fourth-order valence-electron chi connectivity index (χ4n) is 2.55. The molecule has 0 aliphatic carbocycles. The number of anilines is 1. The van der Waals surface area contributed by atoms with Crippen LogP contribution in [0.3, 0.4) is 0 Å². The molecule has 0 bridgehead atoms. The van der Waals surface area contributed by atoms with Gasteiger partial charge < -0.3 is 4.74 Å². The van der Waals surface area contributed by atoms with E-state index < -0.39 is 30.2 Å². The fourth-order valence-corrected chi connectivity index (χ4v) is 2.55. The van der Waals surface area contributed by atoms with Crippen LogP contribution in [-0.4, -0.2) is 34.5 Å². The highest BCUT2D eigenvalue weighted by atomic mass is 19.4. The summed E-state index contributed by atoms with van der Waals surface area (Å²) in [6.07, 6.45) is -0.600. The van der Waals surface area contributed by atoms with Gasteiger partial charge in [-0.1, -0.05) is 36.4 Å². The Balaban J connectivity index is 1.84. The zero-order valence-corrected chi connectivity index (χ0v) is 16.3. The van der Waals surface area contributed by atoms with Crippen LogP contribution in [0.1, 0.15) is 21.5 Å². The van der Waals surface area contributed by atoms with Crippen molar-refractivity contribution in [3.8, 4) is 0 Å². The molecule has 0 aliphatic rings. The van der Waals surface area contributed by atoms with Crippen molar-refractivity contribution in [3.05, 3.63) is 83.7 Å². The topological polar surface area (TPSA) is 76.8 Å². The molecule has 0 N–H and O–H groups in total. The Kier molecular flexibility index (Phi) is 6.49. The number of nitrogens with zero attached hydrogens (tertiary/aromatic N) is 4. The van der Waals surface area contributed by atoms with E-state index >= 15 is 0 Å². The van der Waals surface area contributed by atoms with Crippen LogP contribution >= 0.6 is 0 Å². The van der Waals surface area contributed by atoms with Gasteiger partial charge >= 0.3 is 12.1 Å². The molecule has 160 valence electrons. The van der Waals surface area contributed by atoms with Crippen LogP contribution < -0.4 is 5.01 Å². The highest BCUT2D eigenvalue weighted by Gasteiger charge is 2.31. The van der Waals surface area contributed by atoms with Crippen molar-refractivity contribution in [1.82, 2.24) is 9.78 Å². The number of hydrazone groups is 1. The number of hydrogen-bond acceptors (Lipinski definition) is 5. The number of aryl methyl sites for hydroxylation is 1. The molecule has 0 saturated carbocycles. The third-order valence-electron chi connectivity index (χ3n) is 4.04. The Morgan fingerprint density at radius 1 is 1.16 bits per heavy atom. The van der Waals surface area contributed by atoms with Crippen LogP contribution in [0.25, 0.3) is 0 Å². The average molecular weight is 430 g/mol. The molecule has 2 aromatic carbocycles. The Morgan fingerprint density at radius 2 is 1.90 bits per heavy atom. The van der Waals surface area contributed by atoms with E-state index in [0.29, 0.717) is 5.56 Å². The summed E-state index contributed by atoms with van der Waals surface area (Å²) in [5, 5.41) is 8.62. The van der Waals surface area contributed by atoms with Gasteiger partial charge in [0.15, 0.2) is 6.61 Å². The van der Waals surface area contributed by atoms with Gasteiger partial charge in [-0.05, 0) is 23.8 Å². The molecule has 0 unspecified atom stereocenters. The molecule has 10 heteroatoms. The first-order valence-corrected chi connectivity index (χ1v) is 8.99. The van der Waals surface area contributed by atoms with E-state index in [1.165, 1.54) is 29.4 Å². The number of carbonyl (C=O) groups excluding carboxylic acids is 2. The lowest BCUT2D eigenvalue weighted by Crippen LogP contribution is -2.31. The molecule has 0 atom stereocenters. The van der Waals surface area contributed by atoms with Crippen molar-refractivity contribution in [3.63, 3.8) is 0 Å². The highest BCUT2D eigenvalue weighted by Crippen LogP contribution is 2.31. The summed E-state index contributed by atoms with van der Waals surface area (Å²) in [6, 6.07) is 12.8. The van der Waals surface area contributed by atoms with Crippen LogP contribution in [0, 0.1) is 0 Å². The summed E-state index contributed by atoms with van der Waals surface area (Å²) in [4.78, 5) is 24.8. The van der Waals surface area contributed by atoms with Gasteiger partial charge in [-0.2, -0.15) is 28.4 Å². The van der Waals surface area contributed by atoms with Gasteiger partial charge in [0, 0.05) is 13.2 Å². The standard InChI is InChI=1S/C21H17F3N4O3/c1-27-13-16(12-25-27)20(30)31-14-19(29)28(26-11-15-6-3-2-4-7-15)18-9-5-8-17(10-18)21(22,23)24/h2-13H,14H2,1H3/b26-11+. The summed E-state index contributed by atoms with van der Waals surface area (Å²) in [5.41, 5.74) is -0.303. The predicted octanol–water partition coefficient (Wildman–Crippen LogP) is 3.66. The number of esters is 1. The number of rotatable bonds is 6. The van der Waals surface area contributed by atoms with E-state index in [2.05, 4.69) is 10.2 Å². The van der Waals surface area contributed by atoms with Crippen LogP contribution in [0.5, 0.6) is 0 Å². The second kappa shape index (κ2) is 9.24. The van der Waals surface area contributed by atoms with Gasteiger partial charge in [-0.25, -0.2) is 4.79 Å². The number of amides is 1. The third-order valence-corrected chi connectivity index (χ3v) is 4.04. The maximum atomic E-state index is 13.1. The molecule has 1 amide bonds. The number of ether oxygens (including phenoxy) is 1. The molecule has 31 heavy (non-hydrogen) atoms. The van der Waals surface area contributed by atoms with Gasteiger partial charge in [0.1, 0.15) is 0 Å². The number of alkyl halides is 3. The van der Waals surface area contributed by atoms with Crippen LogP contribution in [0.4, 0.5) is 18.9 Å². The maximum absolute atomic E-state index is 13.1. The average Bonchev–Trinajstić information content (AvgIpc) is 3.19. The van der Waals surface area contributed by atoms with Crippen molar-refractivity contribution in [2.75, 3.05) is 11.6 Å². The summed E-state index contributed by atoms with van der Waals surface area (Å²) < 4.78 is 45.7. The van der Waals surface area contributed by atoms with Crippen LogP contribution in [-0.2, 0) is 22.8 Å². The molecule has 3 rings (SSSR count). The van der Waals surface area contributed by atoms with Crippen molar-refractivity contribution in [2.45, 2.75) is 6.18 Å². The van der Waals surface area contributed by atoms with E-state index in [0.717, 1.165) is 23.2 Å². The van der Waals surface area contributed by atoms with E-state index in [1.807, 2.05) is 0 Å². The van der Waals surface area contributed by atoms with E-state index in [4.69, 9.17) is 4.74 Å². The largest absolute Gasteiger partial charge is 0.452 e. The number of aromatic nitrogens is 2. The van der Waals surface area contributed by atoms with E-state index in [-0.39, 0.29) is 11.3 Å². The zero-order chi connectivity index (χ0) is 22.4. The molecule has 0 fully saturated rings. The van der Waals surface area contributed by atoms with Gasteiger partial charge in [0.05, 0.1) is 29.2 Å². The van der Waals surface area contributed by atoms with E-state index in [1.54, 1.807) is 37.4 Å². The number of carbonyl (C=O) groups is 2. The lowest BCUT2D eigenvalue weighted by molar-refractivity contribution is -0.137. The smallest absolute Gasteiger partial charge is 0.416 e. The SMILES string of the molecule is Cn1cc(C(=O)OCC(=O)N(/N=C/c2ccccc2)c2cccc(C(F)(F)F)c2)cn1. The van der Waals surface area contributed by atoms with Crippen molar-refractivity contribution in [1.29, 1.82) is 0 Å². The Labute approximate surface area is 175 Å². The third kappa shape index (κ3) is 5.78. The summed E-state index contributed by atoms with van der Waals surface area (Å²) in [5.74, 6) is -1.62. The van der Waals surface area contributed by atoms with Gasteiger partial charge in [-0.15, -0.1) is 0 Å². The minimum absolute atomic E-state index is 0.121. The van der Waals surface area contributed by atoms with Crippen molar-refractivity contribution < 1.29 is 27.5 Å². The Hall–Kier alpha value is -3.95. The summed E-state index contributed by atoms with van der Waals surface area (Å²) >= 11 is 0. The molecule has 7 nitrogen and oxygen atoms in total. The number of benzene rings is 2. The second-order valence-corrected chi connectivity index (χ2v) is 6.39. The number of hydrogen-bond donors (Lipinski definition) is 0. The Morgan fingerprint density at radius 3 is 2.55 bits per heavy atom. The van der Waals surface area contributed by atoms with Gasteiger partial charge in [0.25, 0.3) is 5.91 Å². The van der Waals surface area contributed by atoms with Crippen LogP contribution in [0.2, 0.25) is 0 Å². The lowest BCUT2D eigenvalue weighted by Gasteiger charge is -2.18. The highest BCUT2D eigenvalue weighted by molar-refractivity contribution is 5.98. The minimum Gasteiger partial charge on any atom is -0.452 e. The molecule has 0 saturated heterocycles. The molecule has 1 aromatic heterocycles. The maximum Gasteiger partial charge on any atom is 0.416 e. The molecule has 1 heterocycles. The summed E-state index contributed by atoms with van der Waals surface area (Å²) in [7, 11) is 1.61. The lowest BCUT2D eigenvalue weighted by atomic mass is 10.2. The molecular weight excluding hydrogens is 413 g/mol. The second-order valence-electron chi connectivity index (χ2n) is 6.39. The van der Waals surface area contributed by atoms with Crippen molar-refractivity contribution in [2.24, 2.45) is 12.1 Å². The van der Waals surface area contributed by atoms with E-state index in [9.17, 15) is 22.8 Å². The first-order chi connectivity index (χ1) is 14.7. The quantitative estimate of drug-likeness (QED) is 0.340. The first kappa shape index (κ1) is 21.8. The molecule has 3 aromatic rings. The minimum atomic E-state index is -4.60. The molecular formula is C21H17F3N4O3.